The monoisotopic (exact) mass is 291 g/mol. The molecule has 1 N–H and O–H groups in total. The Morgan fingerprint density at radius 3 is 2.10 bits per heavy atom. The highest BCUT2D eigenvalue weighted by Gasteiger charge is 2.15. The first-order valence-electron chi connectivity index (χ1n) is 7.51. The van der Waals surface area contributed by atoms with Gasteiger partial charge in [0, 0.05) is 32.7 Å². The number of benzene rings is 1. The predicted molar refractivity (Wildman–Crippen MR) is 89.7 cm³/mol. The van der Waals surface area contributed by atoms with Crippen molar-refractivity contribution in [1.29, 1.82) is 0 Å². The van der Waals surface area contributed by atoms with Crippen LogP contribution in [0.3, 0.4) is 0 Å². The van der Waals surface area contributed by atoms with Gasteiger partial charge in [-0.05, 0) is 37.7 Å². The molecule has 0 radical (unpaired) electrons. The molecule has 1 aromatic carbocycles. The molecule has 0 bridgehead atoms. The third-order valence-electron chi connectivity index (χ3n) is 3.50. The maximum Gasteiger partial charge on any atom is 0.220 e. The zero-order chi connectivity index (χ0) is 16.0. The van der Waals surface area contributed by atoms with Gasteiger partial charge in [-0.2, -0.15) is 0 Å². The Labute approximate surface area is 129 Å². The fourth-order valence-corrected chi connectivity index (χ4v) is 2.25. The van der Waals surface area contributed by atoms with E-state index in [-0.39, 0.29) is 11.9 Å². The van der Waals surface area contributed by atoms with Crippen molar-refractivity contribution in [2.24, 2.45) is 5.92 Å². The van der Waals surface area contributed by atoms with Crippen LogP contribution in [0.15, 0.2) is 24.3 Å². The van der Waals surface area contributed by atoms with Gasteiger partial charge >= 0.3 is 0 Å². The van der Waals surface area contributed by atoms with Crippen molar-refractivity contribution in [3.63, 3.8) is 0 Å². The number of carbonyl (C=O) groups excluding carboxylic acids is 1. The van der Waals surface area contributed by atoms with Crippen LogP contribution in [0, 0.1) is 5.92 Å². The Hall–Kier alpha value is -1.55. The minimum Gasteiger partial charge on any atom is -0.378 e. The summed E-state index contributed by atoms with van der Waals surface area (Å²) in [5.41, 5.74) is 2.40. The summed E-state index contributed by atoms with van der Waals surface area (Å²) in [6, 6.07) is 8.68. The summed E-state index contributed by atoms with van der Waals surface area (Å²) < 4.78 is 0. The summed E-state index contributed by atoms with van der Waals surface area (Å²) in [6.07, 6.45) is 0.583. The van der Waals surface area contributed by atoms with Crippen molar-refractivity contribution in [3.8, 4) is 0 Å². The molecule has 0 aromatic heterocycles. The number of nitrogens with zero attached hydrogens (tertiary/aromatic N) is 2. The fraction of sp³-hybridized carbons (Fsp3) is 0.588. The second-order valence-corrected chi connectivity index (χ2v) is 6.37. The lowest BCUT2D eigenvalue weighted by molar-refractivity contribution is -0.122. The summed E-state index contributed by atoms with van der Waals surface area (Å²) in [7, 11) is 8.15. The van der Waals surface area contributed by atoms with Crippen LogP contribution in [0.2, 0.25) is 0 Å². The summed E-state index contributed by atoms with van der Waals surface area (Å²) in [6.45, 7) is 4.76. The molecule has 21 heavy (non-hydrogen) atoms. The van der Waals surface area contributed by atoms with E-state index in [1.807, 2.05) is 28.2 Å². The zero-order valence-corrected chi connectivity index (χ0v) is 14.2. The van der Waals surface area contributed by atoms with Crippen molar-refractivity contribution < 1.29 is 4.79 Å². The van der Waals surface area contributed by atoms with Crippen molar-refractivity contribution in [1.82, 2.24) is 10.2 Å². The van der Waals surface area contributed by atoms with Crippen LogP contribution in [0.4, 0.5) is 5.69 Å². The van der Waals surface area contributed by atoms with Gasteiger partial charge in [0.2, 0.25) is 5.91 Å². The van der Waals surface area contributed by atoms with Crippen molar-refractivity contribution in [3.05, 3.63) is 29.8 Å². The first kappa shape index (κ1) is 17.5. The van der Waals surface area contributed by atoms with Gasteiger partial charge in [-0.25, -0.2) is 0 Å². The Morgan fingerprint density at radius 2 is 1.67 bits per heavy atom. The van der Waals surface area contributed by atoms with E-state index in [0.717, 1.165) is 0 Å². The second kappa shape index (κ2) is 8.03. The molecular weight excluding hydrogens is 262 g/mol. The minimum atomic E-state index is 0.127. The highest BCUT2D eigenvalue weighted by Crippen LogP contribution is 2.21. The number of likely N-dealkylation sites (N-methyl/N-ethyl adjacent to an activating group) is 1. The first-order valence-corrected chi connectivity index (χ1v) is 7.51. The maximum absolute atomic E-state index is 11.8. The largest absolute Gasteiger partial charge is 0.378 e. The molecule has 0 spiro atoms. The van der Waals surface area contributed by atoms with E-state index in [9.17, 15) is 4.79 Å². The normalized spacial score (nSPS) is 12.6. The molecule has 0 fully saturated rings. The molecule has 1 aromatic rings. The van der Waals surface area contributed by atoms with E-state index >= 15 is 0 Å². The van der Waals surface area contributed by atoms with E-state index in [2.05, 4.69) is 53.2 Å². The number of hydrogen-bond acceptors (Lipinski definition) is 3. The van der Waals surface area contributed by atoms with Gasteiger partial charge in [0.25, 0.3) is 0 Å². The molecule has 0 heterocycles. The molecule has 0 aliphatic rings. The Morgan fingerprint density at radius 1 is 1.10 bits per heavy atom. The van der Waals surface area contributed by atoms with Crippen LogP contribution in [-0.4, -0.2) is 45.5 Å². The van der Waals surface area contributed by atoms with Gasteiger partial charge in [-0.3, -0.25) is 4.79 Å². The third-order valence-corrected chi connectivity index (χ3v) is 3.50. The quantitative estimate of drug-likeness (QED) is 0.838. The molecule has 1 atom stereocenters. The average molecular weight is 291 g/mol. The summed E-state index contributed by atoms with van der Waals surface area (Å²) >= 11 is 0. The molecule has 4 heteroatoms. The molecule has 4 nitrogen and oxygen atoms in total. The highest BCUT2D eigenvalue weighted by molar-refractivity contribution is 5.76. The van der Waals surface area contributed by atoms with E-state index < -0.39 is 0 Å². The average Bonchev–Trinajstić information content (AvgIpc) is 2.38. The lowest BCUT2D eigenvalue weighted by atomic mass is 10.0. The summed E-state index contributed by atoms with van der Waals surface area (Å²) in [4.78, 5) is 16.0. The second-order valence-electron chi connectivity index (χ2n) is 6.37. The molecule has 118 valence electrons. The van der Waals surface area contributed by atoms with Crippen LogP contribution >= 0.6 is 0 Å². The summed E-state index contributed by atoms with van der Waals surface area (Å²) in [5.74, 6) is 0.518. The molecular formula is C17H29N3O. The van der Waals surface area contributed by atoms with Gasteiger partial charge in [0.15, 0.2) is 0 Å². The smallest absolute Gasteiger partial charge is 0.220 e. The van der Waals surface area contributed by atoms with Gasteiger partial charge in [-0.1, -0.05) is 26.0 Å². The van der Waals surface area contributed by atoms with E-state index in [1.54, 1.807) is 0 Å². The SMILES string of the molecule is CC(C)CC(=O)NC[C@@H](c1ccc(N(C)C)cc1)N(C)C. The highest BCUT2D eigenvalue weighted by atomic mass is 16.1. The number of hydrogen-bond donors (Lipinski definition) is 1. The lowest BCUT2D eigenvalue weighted by Gasteiger charge is -2.26. The first-order chi connectivity index (χ1) is 9.81. The van der Waals surface area contributed by atoms with Gasteiger partial charge in [-0.15, -0.1) is 0 Å². The fourth-order valence-electron chi connectivity index (χ4n) is 2.25. The molecule has 1 rings (SSSR count). The predicted octanol–water partition coefficient (Wildman–Crippen LogP) is 2.52. The van der Waals surface area contributed by atoms with E-state index in [1.165, 1.54) is 11.3 Å². The Balaban J connectivity index is 2.71. The van der Waals surface area contributed by atoms with Crippen LogP contribution < -0.4 is 10.2 Å². The Bertz CT molecular complexity index is 438. The number of anilines is 1. The van der Waals surface area contributed by atoms with Gasteiger partial charge < -0.3 is 15.1 Å². The lowest BCUT2D eigenvalue weighted by Crippen LogP contribution is -2.35. The number of nitrogens with one attached hydrogen (secondary N) is 1. The molecule has 1 amide bonds. The van der Waals surface area contributed by atoms with E-state index in [0.29, 0.717) is 18.9 Å². The molecule has 0 aliphatic heterocycles. The molecule has 0 saturated heterocycles. The van der Waals surface area contributed by atoms with Crippen molar-refractivity contribution in [2.45, 2.75) is 26.3 Å². The minimum absolute atomic E-state index is 0.127. The number of rotatable bonds is 7. The zero-order valence-electron chi connectivity index (χ0n) is 14.2. The van der Waals surface area contributed by atoms with Crippen molar-refractivity contribution in [2.75, 3.05) is 39.6 Å². The van der Waals surface area contributed by atoms with Crippen LogP contribution in [0.1, 0.15) is 31.9 Å². The number of carbonyl (C=O) groups is 1. The van der Waals surface area contributed by atoms with Crippen LogP contribution in [-0.2, 0) is 4.79 Å². The molecule has 0 aliphatic carbocycles. The number of amides is 1. The maximum atomic E-state index is 11.8. The summed E-state index contributed by atoms with van der Waals surface area (Å²) in [5, 5.41) is 3.04. The standard InChI is InChI=1S/C17H29N3O/c1-13(2)11-17(21)18-12-16(20(5)6)14-7-9-15(10-8-14)19(3)4/h7-10,13,16H,11-12H2,1-6H3,(H,18,21)/t16-/m0/s1. The molecule has 0 unspecified atom stereocenters. The molecule has 0 saturated carbocycles. The topological polar surface area (TPSA) is 35.6 Å². The van der Waals surface area contributed by atoms with Crippen LogP contribution in [0.5, 0.6) is 0 Å². The van der Waals surface area contributed by atoms with E-state index in [4.69, 9.17) is 0 Å². The van der Waals surface area contributed by atoms with Gasteiger partial charge in [0.05, 0.1) is 6.04 Å². The van der Waals surface area contributed by atoms with Crippen LogP contribution in [0.25, 0.3) is 0 Å². The van der Waals surface area contributed by atoms with Gasteiger partial charge in [0.1, 0.15) is 0 Å². The Kier molecular flexibility index (Phi) is 6.69. The van der Waals surface area contributed by atoms with Crippen molar-refractivity contribution >= 4 is 11.6 Å². The third kappa shape index (κ3) is 5.76.